The van der Waals surface area contributed by atoms with Gasteiger partial charge in [-0.2, -0.15) is 0 Å². The molecule has 2 nitrogen and oxygen atoms in total. The molecular formula is C31H27F3O2. The third-order valence-electron chi connectivity index (χ3n) is 6.22. The van der Waals surface area contributed by atoms with Crippen molar-refractivity contribution in [2.24, 2.45) is 0 Å². The van der Waals surface area contributed by atoms with Crippen molar-refractivity contribution in [2.75, 3.05) is 0 Å². The van der Waals surface area contributed by atoms with E-state index in [1.54, 1.807) is 30.3 Å². The molecule has 5 heteroatoms. The molecule has 0 radical (unpaired) electrons. The summed E-state index contributed by atoms with van der Waals surface area (Å²) in [6.07, 6.45) is 3.32. The first-order valence-electron chi connectivity index (χ1n) is 12.1. The molecule has 0 spiro atoms. The zero-order valence-corrected chi connectivity index (χ0v) is 20.3. The number of aryl methyl sites for hydroxylation is 2. The Labute approximate surface area is 209 Å². The monoisotopic (exact) mass is 488 g/mol. The van der Waals surface area contributed by atoms with Gasteiger partial charge in [0.15, 0.2) is 11.6 Å². The Bertz CT molecular complexity index is 1360. The van der Waals surface area contributed by atoms with Crippen molar-refractivity contribution >= 4 is 5.97 Å². The van der Waals surface area contributed by atoms with Crippen LogP contribution in [-0.2, 0) is 12.8 Å². The van der Waals surface area contributed by atoms with Crippen LogP contribution in [0.3, 0.4) is 0 Å². The molecule has 36 heavy (non-hydrogen) atoms. The summed E-state index contributed by atoms with van der Waals surface area (Å²) in [7, 11) is 0. The van der Waals surface area contributed by atoms with Gasteiger partial charge in [0, 0.05) is 17.2 Å². The van der Waals surface area contributed by atoms with E-state index in [2.05, 4.69) is 0 Å². The molecule has 4 rings (SSSR count). The third kappa shape index (κ3) is 5.51. The summed E-state index contributed by atoms with van der Waals surface area (Å²) in [6, 6.07) is 20.8. The first kappa shape index (κ1) is 25.2. The van der Waals surface area contributed by atoms with E-state index in [4.69, 9.17) is 4.74 Å². The van der Waals surface area contributed by atoms with Gasteiger partial charge in [-0.15, -0.1) is 0 Å². The minimum atomic E-state index is -0.957. The van der Waals surface area contributed by atoms with E-state index in [9.17, 15) is 18.0 Å². The Kier molecular flexibility index (Phi) is 7.89. The van der Waals surface area contributed by atoms with E-state index < -0.39 is 23.4 Å². The molecule has 0 aliphatic carbocycles. The van der Waals surface area contributed by atoms with Gasteiger partial charge >= 0.3 is 5.97 Å². The molecule has 0 atom stereocenters. The van der Waals surface area contributed by atoms with Crippen LogP contribution in [0.25, 0.3) is 22.3 Å². The molecule has 0 aliphatic heterocycles. The molecule has 0 heterocycles. The van der Waals surface area contributed by atoms with Gasteiger partial charge in [-0.1, -0.05) is 74.9 Å². The molecule has 0 fully saturated rings. The number of hydrogen-bond acceptors (Lipinski definition) is 2. The van der Waals surface area contributed by atoms with E-state index in [0.29, 0.717) is 23.1 Å². The van der Waals surface area contributed by atoms with Gasteiger partial charge in [-0.3, -0.25) is 0 Å². The lowest BCUT2D eigenvalue weighted by molar-refractivity contribution is 0.0734. The molecule has 4 aromatic carbocycles. The molecular weight excluding hydrogens is 461 g/mol. The standard InChI is InChI=1S/C31H27F3O2/c1-3-5-6-23-15-16-25(19-28(23)32)36-31(35)24-13-11-22(12-14-24)27-18-17-26(29(33)30(27)34)21-9-7-20(4-2)8-10-21/h7-19H,3-6H2,1-2H3. The summed E-state index contributed by atoms with van der Waals surface area (Å²) in [5.74, 6) is -2.85. The molecule has 0 unspecified atom stereocenters. The van der Waals surface area contributed by atoms with Gasteiger partial charge < -0.3 is 4.74 Å². The lowest BCUT2D eigenvalue weighted by Crippen LogP contribution is -2.08. The zero-order valence-electron chi connectivity index (χ0n) is 20.3. The van der Waals surface area contributed by atoms with Crippen LogP contribution in [0.4, 0.5) is 13.2 Å². The Hall–Kier alpha value is -3.86. The topological polar surface area (TPSA) is 26.3 Å². The maximum absolute atomic E-state index is 15.0. The minimum Gasteiger partial charge on any atom is -0.423 e. The molecule has 0 aromatic heterocycles. The molecule has 4 aromatic rings. The largest absolute Gasteiger partial charge is 0.423 e. The van der Waals surface area contributed by atoms with Crippen molar-refractivity contribution in [1.29, 1.82) is 0 Å². The van der Waals surface area contributed by atoms with Gasteiger partial charge in [-0.25, -0.2) is 18.0 Å². The van der Waals surface area contributed by atoms with E-state index in [0.717, 1.165) is 24.8 Å². The molecule has 0 aliphatic rings. The second kappa shape index (κ2) is 11.3. The average molecular weight is 489 g/mol. The van der Waals surface area contributed by atoms with E-state index in [-0.39, 0.29) is 22.4 Å². The number of esters is 1. The van der Waals surface area contributed by atoms with Crippen LogP contribution in [0.2, 0.25) is 0 Å². The second-order valence-electron chi connectivity index (χ2n) is 8.66. The van der Waals surface area contributed by atoms with Crippen molar-refractivity contribution in [2.45, 2.75) is 39.5 Å². The van der Waals surface area contributed by atoms with Gasteiger partial charge in [-0.05, 0) is 59.7 Å². The first-order valence-corrected chi connectivity index (χ1v) is 12.1. The summed E-state index contributed by atoms with van der Waals surface area (Å²) in [4.78, 5) is 12.5. The Balaban J connectivity index is 1.50. The predicted molar refractivity (Wildman–Crippen MR) is 137 cm³/mol. The van der Waals surface area contributed by atoms with Crippen LogP contribution in [0.1, 0.15) is 48.2 Å². The number of hydrogen-bond donors (Lipinski definition) is 0. The van der Waals surface area contributed by atoms with E-state index in [1.165, 1.54) is 36.4 Å². The van der Waals surface area contributed by atoms with Crippen LogP contribution < -0.4 is 4.74 Å². The molecule has 0 saturated heterocycles. The number of halogens is 3. The SMILES string of the molecule is CCCCc1ccc(OC(=O)c2ccc(-c3ccc(-c4ccc(CC)cc4)c(F)c3F)cc2)cc1F. The first-order chi connectivity index (χ1) is 17.4. The molecule has 184 valence electrons. The van der Waals surface area contributed by atoms with Gasteiger partial charge in [0.2, 0.25) is 0 Å². The molecule has 0 saturated carbocycles. The van der Waals surface area contributed by atoms with Crippen molar-refractivity contribution in [1.82, 2.24) is 0 Å². The minimum absolute atomic E-state index is 0.0890. The number of benzene rings is 4. The Morgan fingerprint density at radius 1 is 0.750 bits per heavy atom. The molecule has 0 N–H and O–H groups in total. The highest BCUT2D eigenvalue weighted by Gasteiger charge is 2.17. The van der Waals surface area contributed by atoms with E-state index >= 15 is 0 Å². The third-order valence-corrected chi connectivity index (χ3v) is 6.22. The summed E-state index contributed by atoms with van der Waals surface area (Å²) in [5.41, 5.74) is 3.20. The van der Waals surface area contributed by atoms with Crippen molar-refractivity contribution in [3.63, 3.8) is 0 Å². The lowest BCUT2D eigenvalue weighted by atomic mass is 9.97. The quantitative estimate of drug-likeness (QED) is 0.183. The molecule has 0 amide bonds. The second-order valence-corrected chi connectivity index (χ2v) is 8.66. The fraction of sp³-hybridized carbons (Fsp3) is 0.194. The normalized spacial score (nSPS) is 10.9. The number of carbonyl (C=O) groups excluding carboxylic acids is 1. The average Bonchev–Trinajstić information content (AvgIpc) is 2.90. The van der Waals surface area contributed by atoms with Crippen LogP contribution in [0.15, 0.2) is 78.9 Å². The van der Waals surface area contributed by atoms with Gasteiger partial charge in [0.25, 0.3) is 0 Å². The van der Waals surface area contributed by atoms with Crippen LogP contribution in [0, 0.1) is 17.5 Å². The Morgan fingerprint density at radius 3 is 1.86 bits per heavy atom. The number of ether oxygens (including phenoxy) is 1. The van der Waals surface area contributed by atoms with Crippen LogP contribution in [0.5, 0.6) is 5.75 Å². The van der Waals surface area contributed by atoms with Crippen LogP contribution >= 0.6 is 0 Å². The zero-order chi connectivity index (χ0) is 25.7. The fourth-order valence-corrected chi connectivity index (χ4v) is 4.03. The highest BCUT2D eigenvalue weighted by molar-refractivity contribution is 5.91. The Morgan fingerprint density at radius 2 is 1.33 bits per heavy atom. The van der Waals surface area contributed by atoms with Crippen LogP contribution in [-0.4, -0.2) is 5.97 Å². The number of carbonyl (C=O) groups is 1. The highest BCUT2D eigenvalue weighted by atomic mass is 19.2. The maximum atomic E-state index is 15.0. The van der Waals surface area contributed by atoms with Crippen molar-refractivity contribution < 1.29 is 22.7 Å². The fourth-order valence-electron chi connectivity index (χ4n) is 4.03. The summed E-state index contributed by atoms with van der Waals surface area (Å²) >= 11 is 0. The summed E-state index contributed by atoms with van der Waals surface area (Å²) < 4.78 is 49.4. The van der Waals surface area contributed by atoms with Crippen molar-refractivity contribution in [3.8, 4) is 28.0 Å². The molecule has 0 bridgehead atoms. The maximum Gasteiger partial charge on any atom is 0.343 e. The van der Waals surface area contributed by atoms with Gasteiger partial charge in [0.1, 0.15) is 11.6 Å². The van der Waals surface area contributed by atoms with E-state index in [1.807, 2.05) is 26.0 Å². The summed E-state index contributed by atoms with van der Waals surface area (Å²) in [6.45, 7) is 4.06. The smallest absolute Gasteiger partial charge is 0.343 e. The predicted octanol–water partition coefficient (Wildman–Crippen LogP) is 8.56. The number of rotatable bonds is 8. The summed E-state index contributed by atoms with van der Waals surface area (Å²) in [5, 5.41) is 0. The lowest BCUT2D eigenvalue weighted by Gasteiger charge is -2.11. The number of unbranched alkanes of at least 4 members (excludes halogenated alkanes) is 1. The van der Waals surface area contributed by atoms with Crippen molar-refractivity contribution in [3.05, 3.63) is 113 Å². The van der Waals surface area contributed by atoms with Gasteiger partial charge in [0.05, 0.1) is 5.56 Å². The highest BCUT2D eigenvalue weighted by Crippen LogP contribution is 2.32.